The molecular weight excluding hydrogens is 469 g/mol. The highest BCUT2D eigenvalue weighted by Crippen LogP contribution is 2.37. The SMILES string of the molecule is CCNC(=NCC1(c2ccccc2C)CCOCC1)NCC1CCCS1.I. The quantitative estimate of drug-likeness (QED) is 0.349. The maximum atomic E-state index is 5.67. The van der Waals surface area contributed by atoms with Crippen molar-refractivity contribution in [3.8, 4) is 0 Å². The van der Waals surface area contributed by atoms with E-state index in [1.54, 1.807) is 0 Å². The van der Waals surface area contributed by atoms with Crippen LogP contribution >= 0.6 is 35.7 Å². The van der Waals surface area contributed by atoms with Crippen LogP contribution in [0.2, 0.25) is 0 Å². The maximum Gasteiger partial charge on any atom is 0.191 e. The molecule has 152 valence electrons. The number of hydrogen-bond donors (Lipinski definition) is 2. The average Bonchev–Trinajstić information content (AvgIpc) is 3.19. The van der Waals surface area contributed by atoms with Crippen molar-refractivity contribution in [2.24, 2.45) is 4.99 Å². The minimum atomic E-state index is 0. The fourth-order valence-electron chi connectivity index (χ4n) is 4.03. The number of aliphatic imine (C=N–C) groups is 1. The number of thioether (sulfide) groups is 1. The molecule has 4 nitrogen and oxygen atoms in total. The Bertz CT molecular complexity index is 599. The van der Waals surface area contributed by atoms with Crippen molar-refractivity contribution < 1.29 is 4.74 Å². The van der Waals surface area contributed by atoms with Crippen molar-refractivity contribution in [1.82, 2.24) is 10.6 Å². The van der Waals surface area contributed by atoms with Crippen molar-refractivity contribution in [3.63, 3.8) is 0 Å². The maximum absolute atomic E-state index is 5.67. The van der Waals surface area contributed by atoms with Crippen molar-refractivity contribution in [2.75, 3.05) is 38.6 Å². The van der Waals surface area contributed by atoms with Crippen LogP contribution in [0.1, 0.15) is 43.7 Å². The van der Waals surface area contributed by atoms with Crippen LogP contribution in [-0.4, -0.2) is 49.8 Å². The third-order valence-electron chi connectivity index (χ3n) is 5.57. The summed E-state index contributed by atoms with van der Waals surface area (Å²) in [6.07, 6.45) is 4.75. The fourth-order valence-corrected chi connectivity index (χ4v) is 5.23. The van der Waals surface area contributed by atoms with E-state index < -0.39 is 0 Å². The molecule has 2 aliphatic heterocycles. The highest BCUT2D eigenvalue weighted by atomic mass is 127. The van der Waals surface area contributed by atoms with Gasteiger partial charge in [-0.25, -0.2) is 0 Å². The second-order valence-corrected chi connectivity index (χ2v) is 8.83. The summed E-state index contributed by atoms with van der Waals surface area (Å²) in [7, 11) is 0. The topological polar surface area (TPSA) is 45.7 Å². The van der Waals surface area contributed by atoms with Gasteiger partial charge in [-0.05, 0) is 56.4 Å². The Morgan fingerprint density at radius 3 is 2.70 bits per heavy atom. The molecule has 6 heteroatoms. The Morgan fingerprint density at radius 1 is 1.26 bits per heavy atom. The number of ether oxygens (including phenoxy) is 1. The number of nitrogens with zero attached hydrogens (tertiary/aromatic N) is 1. The molecule has 3 rings (SSSR count). The van der Waals surface area contributed by atoms with E-state index in [4.69, 9.17) is 9.73 Å². The van der Waals surface area contributed by atoms with Crippen LogP contribution in [0.3, 0.4) is 0 Å². The van der Waals surface area contributed by atoms with E-state index in [0.717, 1.165) is 56.9 Å². The normalized spacial score (nSPS) is 22.1. The Morgan fingerprint density at radius 2 is 2.04 bits per heavy atom. The molecule has 0 amide bonds. The minimum absolute atomic E-state index is 0. The van der Waals surface area contributed by atoms with E-state index in [2.05, 4.69) is 60.5 Å². The highest BCUT2D eigenvalue weighted by molar-refractivity contribution is 14.0. The summed E-state index contributed by atoms with van der Waals surface area (Å²) >= 11 is 2.08. The lowest BCUT2D eigenvalue weighted by molar-refractivity contribution is 0.0529. The van der Waals surface area contributed by atoms with Gasteiger partial charge in [0.25, 0.3) is 0 Å². The van der Waals surface area contributed by atoms with E-state index in [1.807, 2.05) is 0 Å². The molecule has 27 heavy (non-hydrogen) atoms. The Hall–Kier alpha value is -0.470. The van der Waals surface area contributed by atoms with Crippen molar-refractivity contribution >= 4 is 41.7 Å². The summed E-state index contributed by atoms with van der Waals surface area (Å²) < 4.78 is 5.67. The monoisotopic (exact) mass is 503 g/mol. The summed E-state index contributed by atoms with van der Waals surface area (Å²) in [5.74, 6) is 2.26. The van der Waals surface area contributed by atoms with Crippen molar-refractivity contribution in [2.45, 2.75) is 50.2 Å². The van der Waals surface area contributed by atoms with Gasteiger partial charge in [-0.15, -0.1) is 24.0 Å². The number of hydrogen-bond acceptors (Lipinski definition) is 3. The molecule has 2 heterocycles. The van der Waals surface area contributed by atoms with Gasteiger partial charge in [0.1, 0.15) is 0 Å². The van der Waals surface area contributed by atoms with Gasteiger partial charge >= 0.3 is 0 Å². The van der Waals surface area contributed by atoms with Gasteiger partial charge in [0, 0.05) is 37.0 Å². The van der Waals surface area contributed by atoms with E-state index >= 15 is 0 Å². The lowest BCUT2D eigenvalue weighted by atomic mass is 9.72. The standard InChI is InChI=1S/C21H33N3OS.HI/c1-3-22-20(23-15-18-8-6-14-26-18)24-16-21(10-12-25-13-11-21)19-9-5-4-7-17(19)2;/h4-5,7,9,18H,3,6,8,10-16H2,1-2H3,(H2,22,23,24);1H. The Balaban J connectivity index is 0.00000261. The lowest BCUT2D eigenvalue weighted by Crippen LogP contribution is -2.43. The number of nitrogens with one attached hydrogen (secondary N) is 2. The lowest BCUT2D eigenvalue weighted by Gasteiger charge is -2.37. The third-order valence-corrected chi connectivity index (χ3v) is 6.97. The second-order valence-electron chi connectivity index (χ2n) is 7.42. The first kappa shape index (κ1) is 22.8. The van der Waals surface area contributed by atoms with Crippen LogP contribution in [0.25, 0.3) is 0 Å². The minimum Gasteiger partial charge on any atom is -0.381 e. The van der Waals surface area contributed by atoms with Gasteiger partial charge in [0.2, 0.25) is 0 Å². The van der Waals surface area contributed by atoms with Gasteiger partial charge < -0.3 is 15.4 Å². The molecule has 1 atom stereocenters. The Labute approximate surface area is 185 Å². The number of guanidine groups is 1. The molecule has 0 aliphatic carbocycles. The van der Waals surface area contributed by atoms with Crippen LogP contribution in [0.4, 0.5) is 0 Å². The zero-order valence-electron chi connectivity index (χ0n) is 16.6. The molecule has 2 fully saturated rings. The van der Waals surface area contributed by atoms with Gasteiger partial charge in [-0.3, -0.25) is 4.99 Å². The first-order valence-corrected chi connectivity index (χ1v) is 11.1. The van der Waals surface area contributed by atoms with E-state index in [1.165, 1.54) is 29.7 Å². The van der Waals surface area contributed by atoms with Gasteiger partial charge in [-0.2, -0.15) is 11.8 Å². The molecule has 2 N–H and O–H groups in total. The van der Waals surface area contributed by atoms with Crippen molar-refractivity contribution in [3.05, 3.63) is 35.4 Å². The summed E-state index contributed by atoms with van der Waals surface area (Å²) in [4.78, 5) is 5.02. The van der Waals surface area contributed by atoms with Crippen LogP contribution in [-0.2, 0) is 10.2 Å². The highest BCUT2D eigenvalue weighted by Gasteiger charge is 2.35. The molecular formula is C21H34IN3OS. The Kier molecular flexibility index (Phi) is 9.73. The molecule has 0 spiro atoms. The largest absolute Gasteiger partial charge is 0.381 e. The number of rotatable bonds is 6. The molecule has 0 radical (unpaired) electrons. The summed E-state index contributed by atoms with van der Waals surface area (Å²) in [5, 5.41) is 7.73. The van der Waals surface area contributed by atoms with Gasteiger partial charge in [0.15, 0.2) is 5.96 Å². The predicted octanol–water partition coefficient (Wildman–Crippen LogP) is 4.11. The zero-order valence-corrected chi connectivity index (χ0v) is 19.8. The van der Waals surface area contributed by atoms with Gasteiger partial charge in [0.05, 0.1) is 6.54 Å². The molecule has 2 saturated heterocycles. The zero-order chi connectivity index (χ0) is 18.2. The van der Waals surface area contributed by atoms with Crippen LogP contribution in [0, 0.1) is 6.92 Å². The van der Waals surface area contributed by atoms with Gasteiger partial charge in [-0.1, -0.05) is 24.3 Å². The molecule has 1 aromatic carbocycles. The summed E-state index contributed by atoms with van der Waals surface area (Å²) in [6.45, 7) is 8.72. The smallest absolute Gasteiger partial charge is 0.191 e. The summed E-state index contributed by atoms with van der Waals surface area (Å²) in [6, 6.07) is 8.78. The van der Waals surface area contributed by atoms with E-state index in [0.29, 0.717) is 0 Å². The predicted molar refractivity (Wildman–Crippen MR) is 128 cm³/mol. The molecule has 0 aromatic heterocycles. The van der Waals surface area contributed by atoms with Crippen molar-refractivity contribution in [1.29, 1.82) is 0 Å². The van der Waals surface area contributed by atoms with E-state index in [-0.39, 0.29) is 29.4 Å². The van der Waals surface area contributed by atoms with Crippen LogP contribution < -0.4 is 10.6 Å². The number of halogens is 1. The second kappa shape index (κ2) is 11.5. The number of benzene rings is 1. The van der Waals surface area contributed by atoms with Crippen LogP contribution in [0.5, 0.6) is 0 Å². The molecule has 1 unspecified atom stereocenters. The average molecular weight is 503 g/mol. The first-order valence-electron chi connectivity index (χ1n) is 10.0. The molecule has 2 aliphatic rings. The third kappa shape index (κ3) is 6.26. The number of aryl methyl sites for hydroxylation is 1. The summed E-state index contributed by atoms with van der Waals surface area (Å²) in [5.41, 5.74) is 2.90. The molecule has 0 saturated carbocycles. The first-order chi connectivity index (χ1) is 12.7. The molecule has 1 aromatic rings. The van der Waals surface area contributed by atoms with E-state index in [9.17, 15) is 0 Å². The fraction of sp³-hybridized carbons (Fsp3) is 0.667. The molecule has 0 bridgehead atoms. The van der Waals surface area contributed by atoms with Crippen LogP contribution in [0.15, 0.2) is 29.3 Å².